The fourth-order valence-electron chi connectivity index (χ4n) is 11.1. The Hall–Kier alpha value is -6.52. The van der Waals surface area contributed by atoms with Gasteiger partial charge < -0.3 is 4.90 Å². The van der Waals surface area contributed by atoms with E-state index in [1.54, 1.807) is 0 Å². The van der Waals surface area contributed by atoms with Gasteiger partial charge in [0.05, 0.1) is 11.1 Å². The maximum absolute atomic E-state index is 2.53. The van der Waals surface area contributed by atoms with E-state index < -0.39 is 5.41 Å². The van der Waals surface area contributed by atoms with E-state index in [2.05, 4.69) is 219 Å². The highest BCUT2D eigenvalue weighted by molar-refractivity contribution is 8.05. The fraction of sp³-hybridized carbons (Fsp3) is 0.0690. The Morgan fingerprint density at radius 1 is 0.361 bits per heavy atom. The molecule has 61 heavy (non-hydrogen) atoms. The Morgan fingerprint density at radius 2 is 0.918 bits per heavy atom. The van der Waals surface area contributed by atoms with E-state index >= 15 is 0 Å². The minimum atomic E-state index is -0.477. The van der Waals surface area contributed by atoms with Crippen LogP contribution < -0.4 is 4.90 Å². The number of rotatable bonds is 4. The van der Waals surface area contributed by atoms with Gasteiger partial charge in [-0.2, -0.15) is 0 Å². The first-order valence-electron chi connectivity index (χ1n) is 21.2. The molecule has 3 heteroatoms. The molecule has 9 aromatic carbocycles. The summed E-state index contributed by atoms with van der Waals surface area (Å²) in [5.41, 5.74) is 21.4. The molecule has 0 amide bonds. The topological polar surface area (TPSA) is 3.24 Å². The monoisotopic (exact) mass is 813 g/mol. The van der Waals surface area contributed by atoms with E-state index in [1.165, 1.54) is 103 Å². The molecule has 0 saturated heterocycles. The fourth-order valence-corrected chi connectivity index (χ4v) is 13.5. The third-order valence-corrected chi connectivity index (χ3v) is 16.4. The smallest absolute Gasteiger partial charge is 0.0726 e. The molecule has 9 aromatic rings. The average molecular weight is 814 g/mol. The maximum Gasteiger partial charge on any atom is 0.0726 e. The van der Waals surface area contributed by atoms with Crippen LogP contribution in [0.2, 0.25) is 0 Å². The van der Waals surface area contributed by atoms with Gasteiger partial charge in [-0.1, -0.05) is 189 Å². The number of benzene rings is 9. The van der Waals surface area contributed by atoms with Crippen molar-refractivity contribution in [2.24, 2.45) is 0 Å². The molecule has 1 spiro atoms. The first-order valence-corrected chi connectivity index (χ1v) is 22.8. The van der Waals surface area contributed by atoms with Crippen LogP contribution in [0.3, 0.4) is 0 Å². The highest BCUT2D eigenvalue weighted by Crippen LogP contribution is 2.67. The van der Waals surface area contributed by atoms with Gasteiger partial charge in [0, 0.05) is 47.5 Å². The first-order chi connectivity index (χ1) is 30.0. The van der Waals surface area contributed by atoms with Gasteiger partial charge in [0.2, 0.25) is 0 Å². The van der Waals surface area contributed by atoms with Crippen LogP contribution in [0.1, 0.15) is 47.2 Å². The normalized spacial score (nSPS) is 16.4. The molecule has 4 aliphatic rings. The number of anilines is 3. The quantitative estimate of drug-likeness (QED) is 0.174. The van der Waals surface area contributed by atoms with Gasteiger partial charge in [0.25, 0.3) is 0 Å². The van der Waals surface area contributed by atoms with E-state index in [9.17, 15) is 0 Å². The van der Waals surface area contributed by atoms with Crippen molar-refractivity contribution in [3.63, 3.8) is 0 Å². The third kappa shape index (κ3) is 4.82. The first kappa shape index (κ1) is 35.3. The summed E-state index contributed by atoms with van der Waals surface area (Å²) in [6.07, 6.45) is 0. The zero-order chi connectivity index (χ0) is 40.5. The summed E-state index contributed by atoms with van der Waals surface area (Å²) in [7, 11) is 0. The summed E-state index contributed by atoms with van der Waals surface area (Å²) in [5.74, 6) is 0. The number of hydrogen-bond donors (Lipinski definition) is 0. The molecule has 13 rings (SSSR count). The minimum absolute atomic E-state index is 0.132. The van der Waals surface area contributed by atoms with Crippen molar-refractivity contribution in [2.75, 3.05) is 4.90 Å². The molecule has 1 aliphatic heterocycles. The largest absolute Gasteiger partial charge is 0.310 e. The molecule has 0 aromatic heterocycles. The lowest BCUT2D eigenvalue weighted by Gasteiger charge is -2.32. The van der Waals surface area contributed by atoms with Crippen LogP contribution in [0.25, 0.3) is 44.5 Å². The average Bonchev–Trinajstić information content (AvgIpc) is 3.88. The van der Waals surface area contributed by atoms with Crippen LogP contribution in [0, 0.1) is 0 Å². The molecule has 1 heterocycles. The lowest BCUT2D eigenvalue weighted by molar-refractivity contribution is 0.660. The molecule has 0 saturated carbocycles. The summed E-state index contributed by atoms with van der Waals surface area (Å²) in [6, 6.07) is 75.2. The lowest BCUT2D eigenvalue weighted by Crippen LogP contribution is -2.26. The minimum Gasteiger partial charge on any atom is -0.310 e. The van der Waals surface area contributed by atoms with Crippen molar-refractivity contribution >= 4 is 40.6 Å². The summed E-state index contributed by atoms with van der Waals surface area (Å²) < 4.78 is 0. The molecule has 288 valence electrons. The molecule has 1 atom stereocenters. The number of hydrogen-bond acceptors (Lipinski definition) is 3. The zero-order valence-corrected chi connectivity index (χ0v) is 35.4. The predicted molar refractivity (Wildman–Crippen MR) is 255 cm³/mol. The van der Waals surface area contributed by atoms with Crippen LogP contribution >= 0.6 is 23.5 Å². The van der Waals surface area contributed by atoms with E-state index in [0.717, 1.165) is 11.4 Å². The molecule has 0 radical (unpaired) electrons. The molecule has 1 unspecified atom stereocenters. The van der Waals surface area contributed by atoms with Crippen LogP contribution in [0.5, 0.6) is 0 Å². The number of nitrogens with zero attached hydrogens (tertiary/aromatic N) is 1. The summed E-state index contributed by atoms with van der Waals surface area (Å²) >= 11 is 3.84. The second-order valence-electron chi connectivity index (χ2n) is 17.2. The van der Waals surface area contributed by atoms with Gasteiger partial charge in [0.1, 0.15) is 0 Å². The molecular formula is C58H39NS2. The third-order valence-electron chi connectivity index (χ3n) is 13.8. The Labute approximate surface area is 365 Å². The van der Waals surface area contributed by atoms with Crippen LogP contribution in [-0.2, 0) is 10.8 Å². The van der Waals surface area contributed by atoms with Crippen molar-refractivity contribution in [3.8, 4) is 44.5 Å². The van der Waals surface area contributed by atoms with Crippen molar-refractivity contribution in [3.05, 3.63) is 234 Å². The van der Waals surface area contributed by atoms with Crippen LogP contribution in [0.15, 0.2) is 220 Å². The van der Waals surface area contributed by atoms with Gasteiger partial charge in [-0.15, -0.1) is 0 Å². The Bertz CT molecular complexity index is 3290. The van der Waals surface area contributed by atoms with E-state index in [0.29, 0.717) is 0 Å². The Balaban J connectivity index is 1.06. The highest BCUT2D eigenvalue weighted by Gasteiger charge is 2.53. The lowest BCUT2D eigenvalue weighted by atomic mass is 9.70. The number of fused-ring (bicyclic) bond motifs is 16. The zero-order valence-electron chi connectivity index (χ0n) is 33.8. The van der Waals surface area contributed by atoms with E-state index in [-0.39, 0.29) is 5.41 Å². The van der Waals surface area contributed by atoms with Crippen molar-refractivity contribution < 1.29 is 0 Å². The molecule has 1 nitrogen and oxygen atoms in total. The van der Waals surface area contributed by atoms with Gasteiger partial charge in [0.15, 0.2) is 0 Å². The van der Waals surface area contributed by atoms with E-state index in [1.807, 2.05) is 23.5 Å². The summed E-state index contributed by atoms with van der Waals surface area (Å²) in [5, 5.41) is 0. The van der Waals surface area contributed by atoms with Crippen LogP contribution in [0.4, 0.5) is 17.1 Å². The molecule has 0 N–H and O–H groups in total. The van der Waals surface area contributed by atoms with Gasteiger partial charge in [-0.3, -0.25) is 0 Å². The SMILES string of the molecule is CC1(C)c2ccccc2-c2ccc(N(c3ccc(-c4ccccc4)cc3)c3cccc4c3-c3ccccc3C43c4ccccc4-c4c3ccc3c4Sc4ccccc4S3)cc21. The molecule has 0 bridgehead atoms. The second kappa shape index (κ2) is 13.0. The van der Waals surface area contributed by atoms with Gasteiger partial charge >= 0.3 is 0 Å². The standard InChI is InChI=1S/C58H39NS2/c1-57(2)44-20-9-6-17-40(44)41-32-31-39(35-49(41)57)59(38-29-27-37(28-30-38)36-15-4-3-5-16-36)50-24-14-23-47-54(50)42-18-7-10-21-45(42)58(47)46-22-11-8-19-43(46)55-48(58)33-34-53-56(55)61-52-26-13-12-25-51(52)60-53/h3-35H,1-2H3. The maximum atomic E-state index is 2.53. The molecular weight excluding hydrogens is 775 g/mol. The van der Waals surface area contributed by atoms with Crippen molar-refractivity contribution in [2.45, 2.75) is 44.3 Å². The predicted octanol–water partition coefficient (Wildman–Crippen LogP) is 16.1. The van der Waals surface area contributed by atoms with Gasteiger partial charge in [-0.25, -0.2) is 0 Å². The summed E-state index contributed by atoms with van der Waals surface area (Å²) in [6.45, 7) is 4.76. The summed E-state index contributed by atoms with van der Waals surface area (Å²) in [4.78, 5) is 7.89. The second-order valence-corrected chi connectivity index (χ2v) is 19.3. The van der Waals surface area contributed by atoms with Crippen molar-refractivity contribution in [1.29, 1.82) is 0 Å². The molecule has 0 fully saturated rings. The van der Waals surface area contributed by atoms with Crippen LogP contribution in [-0.4, -0.2) is 0 Å². The molecule has 3 aliphatic carbocycles. The Kier molecular flexibility index (Phi) is 7.51. The van der Waals surface area contributed by atoms with Gasteiger partial charge in [-0.05, 0) is 115 Å². The van der Waals surface area contributed by atoms with Crippen molar-refractivity contribution in [1.82, 2.24) is 0 Å². The Morgan fingerprint density at radius 3 is 1.67 bits per heavy atom. The van der Waals surface area contributed by atoms with E-state index in [4.69, 9.17) is 0 Å². The highest BCUT2D eigenvalue weighted by atomic mass is 32.2.